The van der Waals surface area contributed by atoms with Crippen molar-refractivity contribution >= 4 is 29.5 Å². The highest BCUT2D eigenvalue weighted by atomic mass is 32.2. The van der Waals surface area contributed by atoms with Gasteiger partial charge in [0.15, 0.2) is 5.16 Å². The molecule has 2 atom stereocenters. The van der Waals surface area contributed by atoms with E-state index in [1.54, 1.807) is 30.2 Å². The molecule has 7 heteroatoms. The quantitative estimate of drug-likeness (QED) is 0.399. The van der Waals surface area contributed by atoms with Gasteiger partial charge in [-0.05, 0) is 25.8 Å². The van der Waals surface area contributed by atoms with E-state index in [0.29, 0.717) is 23.6 Å². The molecular formula is C20H24N2O3S2. The van der Waals surface area contributed by atoms with Gasteiger partial charge in [-0.2, -0.15) is 0 Å². The number of ether oxygens (including phenoxy) is 1. The van der Waals surface area contributed by atoms with E-state index in [9.17, 15) is 9.59 Å². The number of benzene rings is 1. The summed E-state index contributed by atoms with van der Waals surface area (Å²) in [7, 11) is 0. The lowest BCUT2D eigenvalue weighted by Crippen LogP contribution is -2.27. The summed E-state index contributed by atoms with van der Waals surface area (Å²) in [6.07, 6.45) is 1.53. The number of aryl methyl sites for hydroxylation is 1. The SMILES string of the molecule is CCOC(=O)[C@H](C)Sc1nc2c(c(=O)n1CCc1ccccc1)S[C@H](C)C2. The van der Waals surface area contributed by atoms with Crippen molar-refractivity contribution in [2.75, 3.05) is 6.61 Å². The Hall–Kier alpha value is -1.73. The Morgan fingerprint density at radius 2 is 2.15 bits per heavy atom. The number of thioether (sulfide) groups is 2. The molecule has 0 spiro atoms. The van der Waals surface area contributed by atoms with Gasteiger partial charge in [-0.25, -0.2) is 4.98 Å². The number of nitrogens with zero attached hydrogens (tertiary/aromatic N) is 2. The van der Waals surface area contributed by atoms with Crippen molar-refractivity contribution in [1.82, 2.24) is 9.55 Å². The van der Waals surface area contributed by atoms with Crippen LogP contribution >= 0.6 is 23.5 Å². The molecule has 1 aliphatic rings. The highest BCUT2D eigenvalue weighted by molar-refractivity contribution is 8.00. The van der Waals surface area contributed by atoms with Crippen molar-refractivity contribution in [3.05, 3.63) is 51.9 Å². The molecule has 0 N–H and O–H groups in total. The van der Waals surface area contributed by atoms with Crippen LogP contribution in [0.25, 0.3) is 0 Å². The van der Waals surface area contributed by atoms with Crippen molar-refractivity contribution in [2.24, 2.45) is 0 Å². The lowest BCUT2D eigenvalue weighted by atomic mass is 10.1. The number of rotatable bonds is 7. The van der Waals surface area contributed by atoms with Gasteiger partial charge in [-0.15, -0.1) is 11.8 Å². The fourth-order valence-electron chi connectivity index (χ4n) is 2.97. The molecule has 0 fully saturated rings. The fraction of sp³-hybridized carbons (Fsp3) is 0.450. The van der Waals surface area contributed by atoms with E-state index >= 15 is 0 Å². The normalized spacial score (nSPS) is 16.8. The molecule has 3 rings (SSSR count). The molecule has 5 nitrogen and oxygen atoms in total. The molecule has 1 aromatic carbocycles. The summed E-state index contributed by atoms with van der Waals surface area (Å²) in [6.45, 7) is 6.57. The van der Waals surface area contributed by atoms with E-state index in [1.165, 1.54) is 17.3 Å². The van der Waals surface area contributed by atoms with Gasteiger partial charge in [-0.1, -0.05) is 49.0 Å². The maximum absolute atomic E-state index is 13.1. The van der Waals surface area contributed by atoms with Crippen LogP contribution in [-0.2, 0) is 28.9 Å². The van der Waals surface area contributed by atoms with Gasteiger partial charge in [0, 0.05) is 18.2 Å². The first-order valence-electron chi connectivity index (χ1n) is 9.17. The Bertz CT molecular complexity index is 868. The number of fused-ring (bicyclic) bond motifs is 1. The number of carbonyl (C=O) groups excluding carboxylic acids is 1. The molecule has 0 aliphatic carbocycles. The molecule has 2 aromatic rings. The second-order valence-corrected chi connectivity index (χ2v) is 9.26. The van der Waals surface area contributed by atoms with Crippen molar-refractivity contribution in [1.29, 1.82) is 0 Å². The summed E-state index contributed by atoms with van der Waals surface area (Å²) in [6, 6.07) is 10.1. The summed E-state index contributed by atoms with van der Waals surface area (Å²) in [5.41, 5.74) is 2.02. The van der Waals surface area contributed by atoms with Crippen LogP contribution in [0.3, 0.4) is 0 Å². The molecule has 0 amide bonds. The first kappa shape index (κ1) is 20.0. The lowest BCUT2D eigenvalue weighted by Gasteiger charge is -2.16. The monoisotopic (exact) mass is 404 g/mol. The number of aromatic nitrogens is 2. The lowest BCUT2D eigenvalue weighted by molar-refractivity contribution is -0.142. The topological polar surface area (TPSA) is 61.2 Å². The summed E-state index contributed by atoms with van der Waals surface area (Å²) in [5.74, 6) is -0.283. The van der Waals surface area contributed by atoms with Gasteiger partial charge in [0.05, 0.1) is 17.2 Å². The van der Waals surface area contributed by atoms with Crippen LogP contribution in [0.4, 0.5) is 0 Å². The summed E-state index contributed by atoms with van der Waals surface area (Å²) >= 11 is 2.90. The van der Waals surface area contributed by atoms with Crippen LogP contribution in [0.1, 0.15) is 32.0 Å². The standard InChI is InChI=1S/C20H24N2O3S2/c1-4-25-19(24)14(3)27-20-21-16-12-13(2)26-17(16)18(23)22(20)11-10-15-8-6-5-7-9-15/h5-9,13-14H,4,10-12H2,1-3H3/t13-,14+/m1/s1. The largest absolute Gasteiger partial charge is 0.465 e. The average Bonchev–Trinajstić information content (AvgIpc) is 3.03. The summed E-state index contributed by atoms with van der Waals surface area (Å²) in [5, 5.41) is 0.541. The minimum atomic E-state index is -0.413. The van der Waals surface area contributed by atoms with E-state index in [4.69, 9.17) is 9.72 Å². The Kier molecular flexibility index (Phi) is 6.65. The molecule has 0 saturated carbocycles. The third-order valence-corrected chi connectivity index (χ3v) is 6.61. The average molecular weight is 405 g/mol. The van der Waals surface area contributed by atoms with E-state index in [0.717, 1.165) is 23.4 Å². The van der Waals surface area contributed by atoms with Gasteiger partial charge >= 0.3 is 5.97 Å². The van der Waals surface area contributed by atoms with Crippen molar-refractivity contribution < 1.29 is 9.53 Å². The molecule has 0 saturated heterocycles. The first-order valence-corrected chi connectivity index (χ1v) is 10.9. The molecule has 144 valence electrons. The minimum Gasteiger partial charge on any atom is -0.465 e. The van der Waals surface area contributed by atoms with E-state index in [2.05, 4.69) is 19.1 Å². The van der Waals surface area contributed by atoms with Gasteiger partial charge in [0.2, 0.25) is 0 Å². The maximum Gasteiger partial charge on any atom is 0.319 e. The maximum atomic E-state index is 13.1. The Labute approximate surface area is 167 Å². The van der Waals surface area contributed by atoms with Crippen LogP contribution in [-0.4, -0.2) is 32.6 Å². The van der Waals surface area contributed by atoms with Crippen molar-refractivity contribution in [3.8, 4) is 0 Å². The predicted octanol–water partition coefficient (Wildman–Crippen LogP) is 3.57. The molecule has 1 aliphatic heterocycles. The summed E-state index contributed by atoms with van der Waals surface area (Å²) in [4.78, 5) is 30.7. The molecule has 2 heterocycles. The molecule has 0 bridgehead atoms. The molecular weight excluding hydrogens is 380 g/mol. The third-order valence-electron chi connectivity index (χ3n) is 4.33. The second-order valence-electron chi connectivity index (χ2n) is 6.51. The number of carbonyl (C=O) groups is 1. The zero-order valence-corrected chi connectivity index (χ0v) is 17.4. The van der Waals surface area contributed by atoms with Crippen LogP contribution in [0, 0.1) is 0 Å². The Balaban J connectivity index is 1.90. The molecule has 1 aromatic heterocycles. The van der Waals surface area contributed by atoms with Crippen molar-refractivity contribution in [2.45, 2.75) is 60.7 Å². The van der Waals surface area contributed by atoms with Crippen LogP contribution in [0.2, 0.25) is 0 Å². The zero-order valence-electron chi connectivity index (χ0n) is 15.8. The third kappa shape index (κ3) is 4.76. The van der Waals surface area contributed by atoms with Gasteiger partial charge in [0.1, 0.15) is 5.25 Å². The Morgan fingerprint density at radius 1 is 1.41 bits per heavy atom. The minimum absolute atomic E-state index is 0.00356. The summed E-state index contributed by atoms with van der Waals surface area (Å²) < 4.78 is 6.83. The van der Waals surface area contributed by atoms with Crippen LogP contribution in [0.5, 0.6) is 0 Å². The first-order chi connectivity index (χ1) is 13.0. The zero-order chi connectivity index (χ0) is 19.4. The van der Waals surface area contributed by atoms with Gasteiger partial charge in [-0.3, -0.25) is 14.2 Å². The number of esters is 1. The van der Waals surface area contributed by atoms with Gasteiger partial charge < -0.3 is 4.74 Å². The van der Waals surface area contributed by atoms with E-state index < -0.39 is 5.25 Å². The molecule has 0 radical (unpaired) electrons. The van der Waals surface area contributed by atoms with Crippen LogP contribution in [0.15, 0.2) is 45.2 Å². The smallest absolute Gasteiger partial charge is 0.319 e. The van der Waals surface area contributed by atoms with Crippen molar-refractivity contribution in [3.63, 3.8) is 0 Å². The highest BCUT2D eigenvalue weighted by Crippen LogP contribution is 2.34. The fourth-order valence-corrected chi connectivity index (χ4v) is 5.03. The number of hydrogen-bond acceptors (Lipinski definition) is 6. The van der Waals surface area contributed by atoms with E-state index in [1.807, 2.05) is 18.2 Å². The number of hydrogen-bond donors (Lipinski definition) is 0. The molecule has 0 unspecified atom stereocenters. The molecule has 27 heavy (non-hydrogen) atoms. The second kappa shape index (κ2) is 8.97. The Morgan fingerprint density at radius 3 is 2.85 bits per heavy atom. The van der Waals surface area contributed by atoms with E-state index in [-0.39, 0.29) is 11.5 Å². The van der Waals surface area contributed by atoms with Gasteiger partial charge in [0.25, 0.3) is 5.56 Å². The highest BCUT2D eigenvalue weighted by Gasteiger charge is 2.28. The predicted molar refractivity (Wildman–Crippen MR) is 110 cm³/mol. The van der Waals surface area contributed by atoms with Crippen LogP contribution < -0.4 is 5.56 Å².